The van der Waals surface area contributed by atoms with E-state index < -0.39 is 17.9 Å². The number of amides is 1. The van der Waals surface area contributed by atoms with Crippen LogP contribution in [0.2, 0.25) is 0 Å². The number of Topliss-reactive ketones (excluding diaryl/α,β-unsaturated/α-hetero) is 1. The van der Waals surface area contributed by atoms with Crippen LogP contribution in [0.3, 0.4) is 0 Å². The third-order valence-electron chi connectivity index (χ3n) is 3.48. The van der Waals surface area contributed by atoms with Crippen LogP contribution in [0, 0.1) is 12.7 Å². The molecule has 0 aliphatic carbocycles. The molecule has 2 aromatic rings. The Hall–Kier alpha value is -2.54. The van der Waals surface area contributed by atoms with Crippen LogP contribution in [0.5, 0.6) is 0 Å². The van der Waals surface area contributed by atoms with Crippen LogP contribution in [0.1, 0.15) is 44.3 Å². The van der Waals surface area contributed by atoms with E-state index in [1.165, 1.54) is 37.3 Å². The van der Waals surface area contributed by atoms with Gasteiger partial charge in [-0.3, -0.25) is 9.59 Å². The van der Waals surface area contributed by atoms with Crippen LogP contribution in [-0.4, -0.2) is 23.8 Å². The lowest BCUT2D eigenvalue weighted by molar-refractivity contribution is -0.119. The molecule has 0 saturated carbocycles. The number of benzene rings is 1. The molecule has 1 aromatic heterocycles. The summed E-state index contributed by atoms with van der Waals surface area (Å²) in [6.07, 6.45) is -0.996. The molecule has 0 bridgehead atoms. The molecule has 1 atom stereocenters. The van der Waals surface area contributed by atoms with Gasteiger partial charge in [0.25, 0.3) is 0 Å². The zero-order valence-corrected chi connectivity index (χ0v) is 14.9. The third kappa shape index (κ3) is 4.96. The van der Waals surface area contributed by atoms with Gasteiger partial charge in [0, 0.05) is 11.8 Å². The van der Waals surface area contributed by atoms with Gasteiger partial charge in [-0.15, -0.1) is 11.3 Å². The molecule has 0 saturated heterocycles. The number of esters is 1. The van der Waals surface area contributed by atoms with E-state index in [0.717, 1.165) is 10.9 Å². The van der Waals surface area contributed by atoms with Gasteiger partial charge in [-0.05, 0) is 43.7 Å². The lowest BCUT2D eigenvalue weighted by Gasteiger charge is -2.11. The highest BCUT2D eigenvalue weighted by atomic mass is 32.1. The summed E-state index contributed by atoms with van der Waals surface area (Å²) in [5.74, 6) is -1.77. The maximum absolute atomic E-state index is 13.5. The molecule has 0 spiro atoms. The van der Waals surface area contributed by atoms with Crippen LogP contribution in [-0.2, 0) is 16.1 Å². The van der Waals surface area contributed by atoms with Crippen molar-refractivity contribution in [3.63, 3.8) is 0 Å². The summed E-state index contributed by atoms with van der Waals surface area (Å²) >= 11 is 1.22. The number of thiophene rings is 1. The van der Waals surface area contributed by atoms with Crippen LogP contribution in [0.25, 0.3) is 0 Å². The SMILES string of the molecule is CC(=O)NCc1ccc(C(=O)C(C)OC(=O)c2ccc(C)c(F)c2)s1. The molecular weight excluding hydrogens is 345 g/mol. The lowest BCUT2D eigenvalue weighted by atomic mass is 10.1. The van der Waals surface area contributed by atoms with Gasteiger partial charge in [0.15, 0.2) is 6.10 Å². The standard InChI is InChI=1S/C18H18FNO4S/c1-10-4-5-13(8-15(10)19)18(23)24-11(2)17(22)16-7-6-14(25-16)9-20-12(3)21/h4-8,11H,9H2,1-3H3,(H,20,21). The molecule has 25 heavy (non-hydrogen) atoms. The predicted octanol–water partition coefficient (Wildman–Crippen LogP) is 3.26. The molecule has 7 heteroatoms. The molecule has 132 valence electrons. The summed E-state index contributed by atoms with van der Waals surface area (Å²) in [5, 5.41) is 2.65. The second-order valence-corrected chi connectivity index (χ2v) is 6.72. The summed E-state index contributed by atoms with van der Waals surface area (Å²) in [7, 11) is 0. The van der Waals surface area contributed by atoms with Gasteiger partial charge in [-0.1, -0.05) is 6.07 Å². The number of halogens is 1. The fourth-order valence-electron chi connectivity index (χ4n) is 2.02. The monoisotopic (exact) mass is 363 g/mol. The average Bonchev–Trinajstić information content (AvgIpc) is 3.03. The Morgan fingerprint density at radius 2 is 1.96 bits per heavy atom. The van der Waals surface area contributed by atoms with E-state index in [-0.39, 0.29) is 17.3 Å². The van der Waals surface area contributed by atoms with Crippen molar-refractivity contribution in [3.8, 4) is 0 Å². The Morgan fingerprint density at radius 1 is 1.24 bits per heavy atom. The Kier molecular flexibility index (Phi) is 6.03. The van der Waals surface area contributed by atoms with Crippen molar-refractivity contribution >= 4 is 29.0 Å². The van der Waals surface area contributed by atoms with Crippen molar-refractivity contribution in [1.29, 1.82) is 0 Å². The van der Waals surface area contributed by atoms with Crippen molar-refractivity contribution in [2.75, 3.05) is 0 Å². The minimum absolute atomic E-state index is 0.0558. The zero-order chi connectivity index (χ0) is 18.6. The number of ketones is 1. The number of aryl methyl sites for hydroxylation is 1. The summed E-state index contributed by atoms with van der Waals surface area (Å²) in [4.78, 5) is 36.6. The molecule has 0 aliphatic heterocycles. The summed E-state index contributed by atoms with van der Waals surface area (Å²) in [6, 6.07) is 7.38. The zero-order valence-electron chi connectivity index (χ0n) is 14.1. The largest absolute Gasteiger partial charge is 0.451 e. The Balaban J connectivity index is 2.00. The van der Waals surface area contributed by atoms with Gasteiger partial charge in [-0.25, -0.2) is 9.18 Å². The Morgan fingerprint density at radius 3 is 2.60 bits per heavy atom. The number of carbonyl (C=O) groups is 3. The van der Waals surface area contributed by atoms with E-state index in [4.69, 9.17) is 4.74 Å². The van der Waals surface area contributed by atoms with Crippen molar-refractivity contribution < 1.29 is 23.5 Å². The number of carbonyl (C=O) groups excluding carboxylic acids is 3. The molecule has 1 heterocycles. The predicted molar refractivity (Wildman–Crippen MR) is 92.2 cm³/mol. The lowest BCUT2D eigenvalue weighted by Crippen LogP contribution is -2.24. The fraction of sp³-hybridized carbons (Fsp3) is 0.278. The molecule has 1 N–H and O–H groups in total. The summed E-state index contributed by atoms with van der Waals surface area (Å²) in [5.41, 5.74) is 0.478. The molecule has 1 unspecified atom stereocenters. The van der Waals surface area contributed by atoms with E-state index in [9.17, 15) is 18.8 Å². The van der Waals surface area contributed by atoms with Gasteiger partial charge in [0.1, 0.15) is 5.82 Å². The van der Waals surface area contributed by atoms with Crippen LogP contribution < -0.4 is 5.32 Å². The van der Waals surface area contributed by atoms with Gasteiger partial charge in [-0.2, -0.15) is 0 Å². The molecule has 0 fully saturated rings. The van der Waals surface area contributed by atoms with E-state index in [0.29, 0.717) is 17.0 Å². The normalized spacial score (nSPS) is 11.7. The topological polar surface area (TPSA) is 72.5 Å². The smallest absolute Gasteiger partial charge is 0.338 e. The Labute approximate surface area is 148 Å². The van der Waals surface area contributed by atoms with Gasteiger partial charge >= 0.3 is 5.97 Å². The maximum Gasteiger partial charge on any atom is 0.338 e. The minimum Gasteiger partial charge on any atom is -0.451 e. The first-order chi connectivity index (χ1) is 11.8. The van der Waals surface area contributed by atoms with E-state index in [1.54, 1.807) is 19.1 Å². The summed E-state index contributed by atoms with van der Waals surface area (Å²) in [6.45, 7) is 4.81. The highest BCUT2D eigenvalue weighted by Gasteiger charge is 2.22. The van der Waals surface area contributed by atoms with Crippen molar-refractivity contribution in [2.45, 2.75) is 33.4 Å². The van der Waals surface area contributed by atoms with E-state index >= 15 is 0 Å². The van der Waals surface area contributed by atoms with Crippen LogP contribution in [0.15, 0.2) is 30.3 Å². The second kappa shape index (κ2) is 8.02. The van der Waals surface area contributed by atoms with Crippen LogP contribution in [0.4, 0.5) is 4.39 Å². The molecule has 1 aromatic carbocycles. The van der Waals surface area contributed by atoms with Crippen molar-refractivity contribution in [1.82, 2.24) is 5.32 Å². The maximum atomic E-state index is 13.5. The number of nitrogens with one attached hydrogen (secondary N) is 1. The second-order valence-electron chi connectivity index (χ2n) is 5.55. The van der Waals surface area contributed by atoms with Crippen molar-refractivity contribution in [2.24, 2.45) is 0 Å². The molecule has 2 rings (SSSR count). The molecule has 0 aliphatic rings. The highest BCUT2D eigenvalue weighted by Crippen LogP contribution is 2.20. The van der Waals surface area contributed by atoms with E-state index in [1.807, 2.05) is 0 Å². The highest BCUT2D eigenvalue weighted by molar-refractivity contribution is 7.14. The number of hydrogen-bond donors (Lipinski definition) is 1. The third-order valence-corrected chi connectivity index (χ3v) is 4.58. The average molecular weight is 363 g/mol. The van der Waals surface area contributed by atoms with Crippen LogP contribution >= 0.6 is 11.3 Å². The fourth-order valence-corrected chi connectivity index (χ4v) is 2.98. The number of ether oxygens (including phenoxy) is 1. The summed E-state index contributed by atoms with van der Waals surface area (Å²) < 4.78 is 18.7. The molecule has 1 amide bonds. The van der Waals surface area contributed by atoms with E-state index in [2.05, 4.69) is 5.32 Å². The van der Waals surface area contributed by atoms with Crippen molar-refractivity contribution in [3.05, 3.63) is 57.0 Å². The minimum atomic E-state index is -0.996. The van der Waals surface area contributed by atoms with Gasteiger partial charge < -0.3 is 10.1 Å². The molecule has 5 nitrogen and oxygen atoms in total. The first-order valence-corrected chi connectivity index (χ1v) is 8.44. The first kappa shape index (κ1) is 18.8. The first-order valence-electron chi connectivity index (χ1n) is 7.62. The van der Waals surface area contributed by atoms with Gasteiger partial charge in [0.2, 0.25) is 11.7 Å². The number of rotatable bonds is 6. The molecular formula is C18H18FNO4S. The molecule has 0 radical (unpaired) electrons. The number of hydrogen-bond acceptors (Lipinski definition) is 5. The van der Waals surface area contributed by atoms with Gasteiger partial charge in [0.05, 0.1) is 17.0 Å². The quantitative estimate of drug-likeness (QED) is 0.632. The Bertz CT molecular complexity index is 815.